The number of imide groups is 1. The monoisotopic (exact) mass is 318 g/mol. The fraction of sp³-hybridized carbons (Fsp3) is 0.312. The van der Waals surface area contributed by atoms with Gasteiger partial charge in [0.15, 0.2) is 0 Å². The van der Waals surface area contributed by atoms with Crippen LogP contribution < -0.4 is 10.1 Å². The van der Waals surface area contributed by atoms with Gasteiger partial charge in [-0.3, -0.25) is 9.69 Å². The smallest absolute Gasteiger partial charge is 0.337 e. The Morgan fingerprint density at radius 2 is 1.78 bits per heavy atom. The van der Waals surface area contributed by atoms with Crippen LogP contribution in [0.2, 0.25) is 0 Å². The highest BCUT2D eigenvalue weighted by Gasteiger charge is 2.40. The zero-order valence-corrected chi connectivity index (χ0v) is 13.4. The number of nitrogens with zero attached hydrogens (tertiary/aromatic N) is 1. The highest BCUT2D eigenvalue weighted by Crippen LogP contribution is 2.34. The molecule has 2 rings (SSSR count). The Hall–Kier alpha value is -2.83. The third-order valence-corrected chi connectivity index (χ3v) is 3.62. The standard InChI is InChI=1S/C16H18N2O5/c1-9-13(15(20)23-4)14(18(10(2)19)16(21)17-9)11-5-7-12(22-3)8-6-11/h5-8,14H,1-4H3,(H,17,21)/t14-/m1/s1. The van der Waals surface area contributed by atoms with Gasteiger partial charge >= 0.3 is 12.0 Å². The normalized spacial score (nSPS) is 17.7. The predicted molar refractivity (Wildman–Crippen MR) is 81.5 cm³/mol. The van der Waals surface area contributed by atoms with E-state index in [2.05, 4.69) is 5.32 Å². The summed E-state index contributed by atoms with van der Waals surface area (Å²) < 4.78 is 9.91. The van der Waals surface area contributed by atoms with Gasteiger partial charge in [-0.25, -0.2) is 9.59 Å². The number of nitrogens with one attached hydrogen (secondary N) is 1. The van der Waals surface area contributed by atoms with Crippen molar-refractivity contribution in [1.29, 1.82) is 0 Å². The lowest BCUT2D eigenvalue weighted by Crippen LogP contribution is -2.50. The first-order valence-electron chi connectivity index (χ1n) is 6.94. The van der Waals surface area contributed by atoms with E-state index in [0.717, 1.165) is 4.90 Å². The first-order valence-corrected chi connectivity index (χ1v) is 6.94. The number of allylic oxidation sites excluding steroid dienone is 1. The van der Waals surface area contributed by atoms with Gasteiger partial charge in [-0.05, 0) is 24.6 Å². The molecule has 0 spiro atoms. The number of urea groups is 1. The van der Waals surface area contributed by atoms with Gasteiger partial charge < -0.3 is 14.8 Å². The number of esters is 1. The number of carbonyl (C=O) groups excluding carboxylic acids is 3. The second-order valence-electron chi connectivity index (χ2n) is 5.03. The SMILES string of the molecule is COC(=O)C1=C(C)NC(=O)N(C(C)=O)[C@@H]1c1ccc(OC)cc1. The van der Waals surface area contributed by atoms with Crippen LogP contribution in [0.3, 0.4) is 0 Å². The van der Waals surface area contributed by atoms with Crippen molar-refractivity contribution in [2.45, 2.75) is 19.9 Å². The fourth-order valence-corrected chi connectivity index (χ4v) is 2.54. The van der Waals surface area contributed by atoms with Crippen molar-refractivity contribution >= 4 is 17.9 Å². The summed E-state index contributed by atoms with van der Waals surface area (Å²) in [5, 5.41) is 2.52. The van der Waals surface area contributed by atoms with Crippen LogP contribution >= 0.6 is 0 Å². The molecule has 7 nitrogen and oxygen atoms in total. The molecule has 1 aliphatic heterocycles. The van der Waals surface area contributed by atoms with Crippen molar-refractivity contribution in [1.82, 2.24) is 10.2 Å². The highest BCUT2D eigenvalue weighted by molar-refractivity contribution is 6.01. The topological polar surface area (TPSA) is 84.9 Å². The predicted octanol–water partition coefficient (Wildman–Crippen LogP) is 1.76. The summed E-state index contributed by atoms with van der Waals surface area (Å²) in [6.07, 6.45) is 0. The van der Waals surface area contributed by atoms with E-state index in [4.69, 9.17) is 9.47 Å². The van der Waals surface area contributed by atoms with E-state index >= 15 is 0 Å². The Balaban J connectivity index is 2.61. The van der Waals surface area contributed by atoms with Gasteiger partial charge in [0.05, 0.1) is 19.8 Å². The van der Waals surface area contributed by atoms with Crippen LogP contribution in [0.25, 0.3) is 0 Å². The van der Waals surface area contributed by atoms with E-state index in [9.17, 15) is 14.4 Å². The van der Waals surface area contributed by atoms with Gasteiger partial charge in [-0.15, -0.1) is 0 Å². The Labute approximate surface area is 133 Å². The van der Waals surface area contributed by atoms with E-state index < -0.39 is 23.9 Å². The molecule has 122 valence electrons. The maximum atomic E-state index is 12.2. The zero-order valence-electron chi connectivity index (χ0n) is 13.4. The average molecular weight is 318 g/mol. The maximum Gasteiger partial charge on any atom is 0.337 e. The van der Waals surface area contributed by atoms with E-state index in [1.807, 2.05) is 0 Å². The molecule has 0 unspecified atom stereocenters. The first-order chi connectivity index (χ1) is 10.9. The number of methoxy groups -OCH3 is 2. The van der Waals surface area contributed by atoms with Crippen molar-refractivity contribution in [3.8, 4) is 5.75 Å². The summed E-state index contributed by atoms with van der Waals surface area (Å²) in [4.78, 5) is 37.3. The van der Waals surface area contributed by atoms with E-state index in [1.165, 1.54) is 21.1 Å². The van der Waals surface area contributed by atoms with Crippen LogP contribution in [0.15, 0.2) is 35.5 Å². The van der Waals surface area contributed by atoms with Crippen LogP contribution in [0.1, 0.15) is 25.5 Å². The Morgan fingerprint density at radius 3 is 2.26 bits per heavy atom. The molecule has 0 aliphatic carbocycles. The van der Waals surface area contributed by atoms with Crippen LogP contribution in [-0.2, 0) is 14.3 Å². The maximum absolute atomic E-state index is 12.2. The molecule has 1 aromatic rings. The number of carbonyl (C=O) groups is 3. The lowest BCUT2D eigenvalue weighted by Gasteiger charge is -2.35. The number of rotatable bonds is 3. The lowest BCUT2D eigenvalue weighted by molar-refractivity contribution is -0.137. The minimum atomic E-state index is -0.848. The van der Waals surface area contributed by atoms with E-state index in [1.54, 1.807) is 31.2 Å². The largest absolute Gasteiger partial charge is 0.497 e. The molecule has 1 heterocycles. The van der Waals surface area contributed by atoms with Gasteiger partial charge in [0, 0.05) is 12.6 Å². The molecule has 0 radical (unpaired) electrons. The molecular formula is C16H18N2O5. The molecule has 1 atom stereocenters. The molecule has 3 amide bonds. The summed E-state index contributed by atoms with van der Waals surface area (Å²) in [6.45, 7) is 2.86. The zero-order chi connectivity index (χ0) is 17.1. The second kappa shape index (κ2) is 6.51. The lowest BCUT2D eigenvalue weighted by atomic mass is 9.93. The van der Waals surface area contributed by atoms with Gasteiger partial charge in [0.2, 0.25) is 5.91 Å². The highest BCUT2D eigenvalue weighted by atomic mass is 16.5. The Bertz CT molecular complexity index is 678. The molecule has 1 aliphatic rings. The molecule has 0 saturated carbocycles. The quantitative estimate of drug-likeness (QED) is 0.858. The van der Waals surface area contributed by atoms with E-state index in [0.29, 0.717) is 17.0 Å². The van der Waals surface area contributed by atoms with Gasteiger partial charge in [-0.2, -0.15) is 0 Å². The Morgan fingerprint density at radius 1 is 1.17 bits per heavy atom. The van der Waals surface area contributed by atoms with Crippen LogP contribution in [0.5, 0.6) is 5.75 Å². The van der Waals surface area contributed by atoms with Crippen LogP contribution in [0.4, 0.5) is 4.79 Å². The molecule has 1 N–H and O–H groups in total. The number of hydrogen-bond donors (Lipinski definition) is 1. The number of hydrogen-bond acceptors (Lipinski definition) is 5. The van der Waals surface area contributed by atoms with Crippen molar-refractivity contribution in [2.75, 3.05) is 14.2 Å². The molecular weight excluding hydrogens is 300 g/mol. The third-order valence-electron chi connectivity index (χ3n) is 3.62. The van der Waals surface area contributed by atoms with Gasteiger partial charge in [0.25, 0.3) is 0 Å². The van der Waals surface area contributed by atoms with Crippen molar-refractivity contribution in [3.63, 3.8) is 0 Å². The van der Waals surface area contributed by atoms with Crippen LogP contribution in [0, 0.1) is 0 Å². The molecule has 0 saturated heterocycles. The third kappa shape index (κ3) is 3.03. The van der Waals surface area contributed by atoms with Gasteiger partial charge in [-0.1, -0.05) is 12.1 Å². The minimum absolute atomic E-state index is 0.215. The minimum Gasteiger partial charge on any atom is -0.497 e. The van der Waals surface area contributed by atoms with Crippen molar-refractivity contribution in [3.05, 3.63) is 41.1 Å². The number of benzene rings is 1. The van der Waals surface area contributed by atoms with Gasteiger partial charge in [0.1, 0.15) is 11.8 Å². The van der Waals surface area contributed by atoms with Crippen LogP contribution in [-0.4, -0.2) is 37.0 Å². The average Bonchev–Trinajstić information content (AvgIpc) is 2.53. The summed E-state index contributed by atoms with van der Waals surface area (Å²) >= 11 is 0. The second-order valence-corrected chi connectivity index (χ2v) is 5.03. The first kappa shape index (κ1) is 16.5. The molecule has 0 fully saturated rings. The molecule has 0 aromatic heterocycles. The number of ether oxygens (including phenoxy) is 2. The van der Waals surface area contributed by atoms with E-state index in [-0.39, 0.29) is 5.57 Å². The molecule has 1 aromatic carbocycles. The van der Waals surface area contributed by atoms with Crippen molar-refractivity contribution in [2.24, 2.45) is 0 Å². The molecule has 7 heteroatoms. The Kier molecular flexibility index (Phi) is 4.68. The molecule has 0 bridgehead atoms. The fourth-order valence-electron chi connectivity index (χ4n) is 2.54. The number of amides is 3. The summed E-state index contributed by atoms with van der Waals surface area (Å²) in [6, 6.07) is 5.38. The summed E-state index contributed by atoms with van der Waals surface area (Å²) in [5.74, 6) is -0.449. The van der Waals surface area contributed by atoms with Crippen molar-refractivity contribution < 1.29 is 23.9 Å². The summed E-state index contributed by atoms with van der Waals surface area (Å²) in [5.41, 5.74) is 1.18. The summed E-state index contributed by atoms with van der Waals surface area (Å²) in [7, 11) is 2.79. The molecule has 23 heavy (non-hydrogen) atoms.